The molecule has 0 unspecified atom stereocenters. The molecule has 0 radical (unpaired) electrons. The van der Waals surface area contributed by atoms with Gasteiger partial charge in [-0.05, 0) is 74.1 Å². The standard InChI is InChI=1S/C25H23N3O2S2/c1-16(2)30-20-7-5-6-18(15-20)24(29)28-25(31)26-19-12-10-17(11-13-19)14-23-27-21-8-3-4-9-22(21)32-23/h3-13,15-16H,14H2,1-2H3,(H2,26,28,29,31). The van der Waals surface area contributed by atoms with Gasteiger partial charge in [-0.15, -0.1) is 11.3 Å². The fourth-order valence-corrected chi connectivity index (χ4v) is 4.41. The molecule has 0 saturated carbocycles. The van der Waals surface area contributed by atoms with Crippen molar-refractivity contribution in [2.45, 2.75) is 26.4 Å². The van der Waals surface area contributed by atoms with Crippen LogP contribution in [-0.2, 0) is 6.42 Å². The number of benzene rings is 3. The zero-order valence-corrected chi connectivity index (χ0v) is 19.4. The van der Waals surface area contributed by atoms with Crippen LogP contribution >= 0.6 is 23.6 Å². The number of nitrogens with zero attached hydrogens (tertiary/aromatic N) is 1. The maximum absolute atomic E-state index is 12.5. The van der Waals surface area contributed by atoms with E-state index in [1.54, 1.807) is 29.5 Å². The van der Waals surface area contributed by atoms with Crippen LogP contribution in [0.4, 0.5) is 5.69 Å². The zero-order chi connectivity index (χ0) is 22.5. The first kappa shape index (κ1) is 21.9. The molecule has 2 N–H and O–H groups in total. The molecule has 4 rings (SSSR count). The molecule has 5 nitrogen and oxygen atoms in total. The molecule has 0 spiro atoms. The van der Waals surface area contributed by atoms with E-state index in [1.165, 1.54) is 4.70 Å². The lowest BCUT2D eigenvalue weighted by Crippen LogP contribution is -2.34. The Morgan fingerprint density at radius 2 is 1.84 bits per heavy atom. The second-order valence-electron chi connectivity index (χ2n) is 7.55. The number of para-hydroxylation sites is 1. The third kappa shape index (κ3) is 5.69. The summed E-state index contributed by atoms with van der Waals surface area (Å²) in [6.45, 7) is 3.88. The number of anilines is 1. The van der Waals surface area contributed by atoms with Crippen LogP contribution in [0.15, 0.2) is 72.8 Å². The van der Waals surface area contributed by atoms with Crippen molar-refractivity contribution in [3.05, 3.63) is 88.9 Å². The quantitative estimate of drug-likeness (QED) is 0.355. The summed E-state index contributed by atoms with van der Waals surface area (Å²) in [7, 11) is 0. The molecule has 162 valence electrons. The van der Waals surface area contributed by atoms with Gasteiger partial charge in [0.2, 0.25) is 0 Å². The summed E-state index contributed by atoms with van der Waals surface area (Å²) in [5.41, 5.74) is 3.48. The Kier molecular flexibility index (Phi) is 6.78. The van der Waals surface area contributed by atoms with Gasteiger partial charge in [0, 0.05) is 17.7 Å². The van der Waals surface area contributed by atoms with E-state index in [4.69, 9.17) is 17.0 Å². The first-order chi connectivity index (χ1) is 15.5. The van der Waals surface area contributed by atoms with Gasteiger partial charge in [-0.25, -0.2) is 4.98 Å². The number of thiazole rings is 1. The molecule has 32 heavy (non-hydrogen) atoms. The molecule has 0 aliphatic heterocycles. The van der Waals surface area contributed by atoms with Crippen molar-refractivity contribution in [2.75, 3.05) is 5.32 Å². The van der Waals surface area contributed by atoms with Gasteiger partial charge in [0.15, 0.2) is 5.11 Å². The highest BCUT2D eigenvalue weighted by molar-refractivity contribution is 7.80. The predicted molar refractivity (Wildman–Crippen MR) is 135 cm³/mol. The van der Waals surface area contributed by atoms with Gasteiger partial charge in [-0.2, -0.15) is 0 Å². The van der Waals surface area contributed by atoms with Gasteiger partial charge >= 0.3 is 0 Å². The summed E-state index contributed by atoms with van der Waals surface area (Å²) in [5.74, 6) is 0.361. The number of carbonyl (C=O) groups excluding carboxylic acids is 1. The molecule has 1 aromatic heterocycles. The van der Waals surface area contributed by atoms with E-state index in [0.717, 1.165) is 28.2 Å². The van der Waals surface area contributed by atoms with Crippen molar-refractivity contribution in [2.24, 2.45) is 0 Å². The lowest BCUT2D eigenvalue weighted by atomic mass is 10.1. The average Bonchev–Trinajstić information content (AvgIpc) is 3.17. The van der Waals surface area contributed by atoms with Crippen LogP contribution in [0.3, 0.4) is 0 Å². The van der Waals surface area contributed by atoms with Crippen molar-refractivity contribution >= 4 is 50.5 Å². The number of thiocarbonyl (C=S) groups is 1. The van der Waals surface area contributed by atoms with Crippen molar-refractivity contribution in [3.8, 4) is 5.75 Å². The molecule has 0 aliphatic rings. The van der Waals surface area contributed by atoms with Crippen LogP contribution in [0.1, 0.15) is 34.8 Å². The van der Waals surface area contributed by atoms with E-state index < -0.39 is 0 Å². The normalized spacial score (nSPS) is 10.8. The van der Waals surface area contributed by atoms with E-state index >= 15 is 0 Å². The molecule has 7 heteroatoms. The third-order valence-electron chi connectivity index (χ3n) is 4.60. The number of nitrogens with one attached hydrogen (secondary N) is 2. The van der Waals surface area contributed by atoms with Crippen molar-refractivity contribution in [1.29, 1.82) is 0 Å². The lowest BCUT2D eigenvalue weighted by Gasteiger charge is -2.12. The minimum Gasteiger partial charge on any atom is -0.491 e. The van der Waals surface area contributed by atoms with Crippen LogP contribution in [0.2, 0.25) is 0 Å². The highest BCUT2D eigenvalue weighted by Crippen LogP contribution is 2.24. The number of fused-ring (bicyclic) bond motifs is 1. The van der Waals surface area contributed by atoms with Gasteiger partial charge in [0.05, 0.1) is 21.3 Å². The molecule has 0 bridgehead atoms. The monoisotopic (exact) mass is 461 g/mol. The third-order valence-corrected chi connectivity index (χ3v) is 5.84. The topological polar surface area (TPSA) is 63.2 Å². The maximum Gasteiger partial charge on any atom is 0.257 e. The highest BCUT2D eigenvalue weighted by atomic mass is 32.1. The SMILES string of the molecule is CC(C)Oc1cccc(C(=O)NC(=S)Nc2ccc(Cc3nc4ccccc4s3)cc2)c1. The van der Waals surface area contributed by atoms with Gasteiger partial charge in [-0.1, -0.05) is 30.3 Å². The van der Waals surface area contributed by atoms with Crippen LogP contribution in [-0.4, -0.2) is 22.1 Å². The molecular formula is C25H23N3O2S2. The Hall–Kier alpha value is -3.29. The van der Waals surface area contributed by atoms with Crippen molar-refractivity contribution < 1.29 is 9.53 Å². The summed E-state index contributed by atoms with van der Waals surface area (Å²) in [4.78, 5) is 17.2. The maximum atomic E-state index is 12.5. The Morgan fingerprint density at radius 3 is 2.59 bits per heavy atom. The Labute approximate surface area is 196 Å². The number of aromatic nitrogens is 1. The summed E-state index contributed by atoms with van der Waals surface area (Å²) in [5, 5.41) is 7.09. The highest BCUT2D eigenvalue weighted by Gasteiger charge is 2.10. The van der Waals surface area contributed by atoms with Crippen LogP contribution in [0, 0.1) is 0 Å². The van der Waals surface area contributed by atoms with Crippen molar-refractivity contribution in [3.63, 3.8) is 0 Å². The number of hydrogen-bond acceptors (Lipinski definition) is 5. The van der Waals surface area contributed by atoms with Crippen molar-refractivity contribution in [1.82, 2.24) is 10.3 Å². The molecule has 1 heterocycles. The molecular weight excluding hydrogens is 438 g/mol. The number of hydrogen-bond donors (Lipinski definition) is 2. The summed E-state index contributed by atoms with van der Waals surface area (Å²) < 4.78 is 6.84. The number of amides is 1. The Balaban J connectivity index is 1.34. The predicted octanol–water partition coefficient (Wildman–Crippen LogP) is 5.80. The minimum atomic E-state index is -0.288. The molecule has 4 aromatic rings. The summed E-state index contributed by atoms with van der Waals surface area (Å²) in [6, 6.07) is 23.1. The van der Waals surface area contributed by atoms with Gasteiger partial charge in [0.25, 0.3) is 5.91 Å². The van der Waals surface area contributed by atoms with E-state index in [2.05, 4.69) is 21.7 Å². The van der Waals surface area contributed by atoms with Crippen LogP contribution in [0.25, 0.3) is 10.2 Å². The first-order valence-electron chi connectivity index (χ1n) is 10.3. The fraction of sp³-hybridized carbons (Fsp3) is 0.160. The molecule has 1 amide bonds. The minimum absolute atomic E-state index is 0.0358. The molecule has 0 aliphatic carbocycles. The van der Waals surface area contributed by atoms with E-state index in [0.29, 0.717) is 11.3 Å². The molecule has 0 atom stereocenters. The van der Waals surface area contributed by atoms with Crippen LogP contribution in [0.5, 0.6) is 5.75 Å². The van der Waals surface area contributed by atoms with E-state index in [9.17, 15) is 4.79 Å². The second-order valence-corrected chi connectivity index (χ2v) is 9.08. The second kappa shape index (κ2) is 9.89. The van der Waals surface area contributed by atoms with E-state index in [-0.39, 0.29) is 17.1 Å². The van der Waals surface area contributed by atoms with Gasteiger partial charge < -0.3 is 10.1 Å². The molecule has 0 saturated heterocycles. The smallest absolute Gasteiger partial charge is 0.257 e. The van der Waals surface area contributed by atoms with Gasteiger partial charge in [0.1, 0.15) is 5.75 Å². The van der Waals surface area contributed by atoms with Gasteiger partial charge in [-0.3, -0.25) is 10.1 Å². The van der Waals surface area contributed by atoms with E-state index in [1.807, 2.05) is 62.4 Å². The zero-order valence-electron chi connectivity index (χ0n) is 17.8. The summed E-state index contributed by atoms with van der Waals surface area (Å²) in [6.07, 6.45) is 0.809. The molecule has 0 fully saturated rings. The largest absolute Gasteiger partial charge is 0.491 e. The number of carbonyl (C=O) groups is 1. The summed E-state index contributed by atoms with van der Waals surface area (Å²) >= 11 is 7.02. The Morgan fingerprint density at radius 1 is 1.06 bits per heavy atom. The molecule has 3 aromatic carbocycles. The Bertz CT molecular complexity index is 1220. The van der Waals surface area contributed by atoms with Crippen LogP contribution < -0.4 is 15.4 Å². The average molecular weight is 462 g/mol. The number of rotatable bonds is 6. The first-order valence-corrected chi connectivity index (χ1v) is 11.5. The fourth-order valence-electron chi connectivity index (χ4n) is 3.20. The number of ether oxygens (including phenoxy) is 1. The lowest BCUT2D eigenvalue weighted by molar-refractivity contribution is 0.0977.